The molecule has 0 atom stereocenters. The number of ether oxygens (including phenoxy) is 2. The van der Waals surface area contributed by atoms with Gasteiger partial charge in [-0.1, -0.05) is 12.1 Å². The largest absolute Gasteiger partial charge is 0.490 e. The van der Waals surface area contributed by atoms with Gasteiger partial charge in [-0.15, -0.1) is 0 Å². The third-order valence-electron chi connectivity index (χ3n) is 4.34. The number of hydrogen-bond donors (Lipinski definition) is 4. The van der Waals surface area contributed by atoms with Crippen molar-refractivity contribution in [3.05, 3.63) is 59.2 Å². The lowest BCUT2D eigenvalue weighted by atomic mass is 10.1. The molecule has 0 unspecified atom stereocenters. The molecule has 0 heterocycles. The van der Waals surface area contributed by atoms with Gasteiger partial charge in [-0.05, 0) is 49.7 Å². The Labute approximate surface area is 191 Å². The number of carbonyl (C=O) groups is 4. The monoisotopic (exact) mass is 456 g/mol. The minimum absolute atomic E-state index is 0.205. The number of nitrogens with two attached hydrogens (primary N) is 1. The Morgan fingerprint density at radius 2 is 1.33 bits per heavy atom. The van der Waals surface area contributed by atoms with Crippen molar-refractivity contribution in [3.63, 3.8) is 0 Å². The molecular weight excluding hydrogens is 428 g/mol. The van der Waals surface area contributed by atoms with E-state index in [-0.39, 0.29) is 25.5 Å². The zero-order valence-corrected chi connectivity index (χ0v) is 18.6. The van der Waals surface area contributed by atoms with Crippen LogP contribution in [0.15, 0.2) is 42.5 Å². The summed E-state index contributed by atoms with van der Waals surface area (Å²) in [5.74, 6) is -0.836. The van der Waals surface area contributed by atoms with Crippen LogP contribution >= 0.6 is 0 Å². The van der Waals surface area contributed by atoms with Crippen molar-refractivity contribution in [3.8, 4) is 11.5 Å². The third-order valence-corrected chi connectivity index (χ3v) is 4.34. The number of hydrogen-bond acceptors (Lipinski definition) is 6. The quantitative estimate of drug-likeness (QED) is 0.370. The number of primary amides is 1. The molecule has 0 aliphatic carbocycles. The number of carbonyl (C=O) groups excluding carboxylic acids is 4. The summed E-state index contributed by atoms with van der Waals surface area (Å²) >= 11 is 0. The van der Waals surface area contributed by atoms with Gasteiger partial charge < -0.3 is 31.2 Å². The number of benzene rings is 2. The zero-order valence-electron chi connectivity index (χ0n) is 18.6. The summed E-state index contributed by atoms with van der Waals surface area (Å²) < 4.78 is 11.0. The van der Waals surface area contributed by atoms with Crippen molar-refractivity contribution in [1.29, 1.82) is 0 Å². The zero-order chi connectivity index (χ0) is 24.2. The Hall–Kier alpha value is -4.08. The SMILES string of the molecule is CCOc1ccc(C(=O)NCC(=O)NCc2ccc(C(=O)NCC(N)=O)cc2)cc1OCC. The van der Waals surface area contributed by atoms with E-state index in [4.69, 9.17) is 15.2 Å². The Balaban J connectivity index is 1.83. The van der Waals surface area contributed by atoms with Crippen LogP contribution in [0.4, 0.5) is 0 Å². The average molecular weight is 456 g/mol. The van der Waals surface area contributed by atoms with E-state index in [1.807, 2.05) is 13.8 Å². The van der Waals surface area contributed by atoms with E-state index in [0.717, 1.165) is 5.56 Å². The molecule has 2 aromatic rings. The highest BCUT2D eigenvalue weighted by Crippen LogP contribution is 2.28. The summed E-state index contributed by atoms with van der Waals surface area (Å²) in [4.78, 5) is 47.1. The lowest BCUT2D eigenvalue weighted by Gasteiger charge is -2.12. The predicted octanol–water partition coefficient (Wildman–Crippen LogP) is 0.745. The standard InChI is InChI=1S/C23H28N4O6/c1-3-32-18-10-9-17(11-19(18)33-4-2)23(31)27-14-21(29)25-12-15-5-7-16(8-6-15)22(30)26-13-20(24)28/h5-11H,3-4,12-14H2,1-2H3,(H2,24,28)(H,25,29)(H,26,30)(H,27,31). The minimum atomic E-state index is -0.632. The second-order valence-electron chi connectivity index (χ2n) is 6.83. The van der Waals surface area contributed by atoms with Crippen LogP contribution in [0.2, 0.25) is 0 Å². The summed E-state index contributed by atoms with van der Waals surface area (Å²) in [6, 6.07) is 11.3. The number of rotatable bonds is 12. The van der Waals surface area contributed by atoms with Gasteiger partial charge in [0, 0.05) is 17.7 Å². The summed E-state index contributed by atoms with van der Waals surface area (Å²) in [7, 11) is 0. The van der Waals surface area contributed by atoms with Crippen molar-refractivity contribution >= 4 is 23.6 Å². The fourth-order valence-electron chi connectivity index (χ4n) is 2.76. The van der Waals surface area contributed by atoms with Crippen LogP contribution in [0.1, 0.15) is 40.1 Å². The van der Waals surface area contributed by atoms with Gasteiger partial charge in [0.25, 0.3) is 11.8 Å². The predicted molar refractivity (Wildman–Crippen MR) is 121 cm³/mol. The Kier molecular flexibility index (Phi) is 9.69. The fraction of sp³-hybridized carbons (Fsp3) is 0.304. The molecule has 0 aliphatic heterocycles. The molecule has 2 aromatic carbocycles. The fourth-order valence-corrected chi connectivity index (χ4v) is 2.76. The highest BCUT2D eigenvalue weighted by Gasteiger charge is 2.13. The summed E-state index contributed by atoms with van der Waals surface area (Å²) in [5, 5.41) is 7.65. The number of amides is 4. The second kappa shape index (κ2) is 12.7. The van der Waals surface area contributed by atoms with E-state index < -0.39 is 17.7 Å². The van der Waals surface area contributed by atoms with Crippen molar-refractivity contribution in [2.24, 2.45) is 5.73 Å². The van der Waals surface area contributed by atoms with Crippen LogP contribution < -0.4 is 31.2 Å². The molecule has 5 N–H and O–H groups in total. The van der Waals surface area contributed by atoms with Crippen LogP contribution in [0, 0.1) is 0 Å². The van der Waals surface area contributed by atoms with Gasteiger partial charge in [0.15, 0.2) is 11.5 Å². The van der Waals surface area contributed by atoms with Gasteiger partial charge in [0.1, 0.15) is 0 Å². The molecule has 0 aromatic heterocycles. The highest BCUT2D eigenvalue weighted by atomic mass is 16.5. The molecule has 0 saturated carbocycles. The maximum Gasteiger partial charge on any atom is 0.251 e. The van der Waals surface area contributed by atoms with Gasteiger partial charge in [0.05, 0.1) is 26.3 Å². The second-order valence-corrected chi connectivity index (χ2v) is 6.83. The topological polar surface area (TPSA) is 149 Å². The van der Waals surface area contributed by atoms with E-state index in [0.29, 0.717) is 35.8 Å². The minimum Gasteiger partial charge on any atom is -0.490 e. The first kappa shape index (κ1) is 25.2. The molecule has 0 aliphatic rings. The van der Waals surface area contributed by atoms with Crippen molar-refractivity contribution in [2.45, 2.75) is 20.4 Å². The Morgan fingerprint density at radius 1 is 0.758 bits per heavy atom. The first-order valence-corrected chi connectivity index (χ1v) is 10.4. The van der Waals surface area contributed by atoms with Gasteiger partial charge >= 0.3 is 0 Å². The molecular formula is C23H28N4O6. The first-order valence-electron chi connectivity index (χ1n) is 10.4. The van der Waals surface area contributed by atoms with Crippen LogP contribution in [0.5, 0.6) is 11.5 Å². The van der Waals surface area contributed by atoms with E-state index in [1.165, 1.54) is 0 Å². The molecule has 0 spiro atoms. The maximum atomic E-state index is 12.4. The van der Waals surface area contributed by atoms with Crippen LogP contribution in [-0.4, -0.2) is 49.9 Å². The van der Waals surface area contributed by atoms with Crippen molar-refractivity contribution in [1.82, 2.24) is 16.0 Å². The van der Waals surface area contributed by atoms with Gasteiger partial charge in [-0.25, -0.2) is 0 Å². The molecule has 33 heavy (non-hydrogen) atoms. The van der Waals surface area contributed by atoms with Gasteiger partial charge in [-0.2, -0.15) is 0 Å². The highest BCUT2D eigenvalue weighted by molar-refractivity contribution is 5.97. The molecule has 176 valence electrons. The molecule has 0 bridgehead atoms. The lowest BCUT2D eigenvalue weighted by molar-refractivity contribution is -0.120. The molecule has 10 heteroatoms. The number of nitrogens with one attached hydrogen (secondary N) is 3. The molecule has 10 nitrogen and oxygen atoms in total. The molecule has 0 radical (unpaired) electrons. The molecule has 2 rings (SSSR count). The average Bonchev–Trinajstić information content (AvgIpc) is 2.81. The smallest absolute Gasteiger partial charge is 0.251 e. The summed E-state index contributed by atoms with van der Waals surface area (Å²) in [5.41, 5.74) is 6.46. The van der Waals surface area contributed by atoms with Crippen molar-refractivity contribution < 1.29 is 28.7 Å². The van der Waals surface area contributed by atoms with Gasteiger partial charge in [0.2, 0.25) is 11.8 Å². The van der Waals surface area contributed by atoms with Crippen molar-refractivity contribution in [2.75, 3.05) is 26.3 Å². The molecule has 0 fully saturated rings. The normalized spacial score (nSPS) is 10.1. The van der Waals surface area contributed by atoms with Gasteiger partial charge in [-0.3, -0.25) is 19.2 Å². The van der Waals surface area contributed by atoms with E-state index >= 15 is 0 Å². The third kappa shape index (κ3) is 8.17. The molecule has 4 amide bonds. The van der Waals surface area contributed by atoms with Crippen LogP contribution in [0.3, 0.4) is 0 Å². The maximum absolute atomic E-state index is 12.4. The van der Waals surface area contributed by atoms with Crippen LogP contribution in [-0.2, 0) is 16.1 Å². The summed E-state index contributed by atoms with van der Waals surface area (Å²) in [6.07, 6.45) is 0. The Morgan fingerprint density at radius 3 is 1.97 bits per heavy atom. The van der Waals surface area contributed by atoms with Crippen LogP contribution in [0.25, 0.3) is 0 Å². The summed E-state index contributed by atoms with van der Waals surface area (Å²) in [6.45, 7) is 4.35. The Bertz CT molecular complexity index is 991. The van der Waals surface area contributed by atoms with E-state index in [1.54, 1.807) is 42.5 Å². The van der Waals surface area contributed by atoms with E-state index in [2.05, 4.69) is 16.0 Å². The van der Waals surface area contributed by atoms with E-state index in [9.17, 15) is 19.2 Å². The molecule has 0 saturated heterocycles. The lowest BCUT2D eigenvalue weighted by Crippen LogP contribution is -2.36. The first-order chi connectivity index (χ1) is 15.8.